The second-order valence-electron chi connectivity index (χ2n) is 4.78. The average molecular weight is 334 g/mol. The van der Waals surface area contributed by atoms with Gasteiger partial charge in [0.1, 0.15) is 10.6 Å². The molecule has 0 spiro atoms. The second-order valence-corrected chi connectivity index (χ2v) is 5.64. The zero-order chi connectivity index (χ0) is 16.4. The fraction of sp³-hybridized carbons (Fsp3) is 0.133. The van der Waals surface area contributed by atoms with E-state index in [4.69, 9.17) is 9.84 Å². The number of nitrogens with zero attached hydrogens (tertiary/aromatic N) is 1. The molecular weight excluding hydrogens is 323 g/mol. The number of hydrogen-bond acceptors (Lipinski definition) is 5. The lowest BCUT2D eigenvalue weighted by molar-refractivity contribution is 0.0683. The maximum Gasteiger partial charge on any atom is 0.372 e. The van der Waals surface area contributed by atoms with Gasteiger partial charge >= 0.3 is 5.97 Å². The van der Waals surface area contributed by atoms with Crippen LogP contribution in [0.5, 0.6) is 0 Å². The molecule has 2 N–H and O–H groups in total. The number of carbonyl (C=O) groups is 1. The van der Waals surface area contributed by atoms with Crippen molar-refractivity contribution < 1.29 is 19.0 Å². The van der Waals surface area contributed by atoms with Crippen LogP contribution >= 0.6 is 11.3 Å². The van der Waals surface area contributed by atoms with Crippen molar-refractivity contribution in [1.82, 2.24) is 9.97 Å². The second kappa shape index (κ2) is 6.27. The van der Waals surface area contributed by atoms with Crippen LogP contribution in [0.1, 0.15) is 21.7 Å². The summed E-state index contributed by atoms with van der Waals surface area (Å²) in [5.41, 5.74) is 0.943. The van der Waals surface area contributed by atoms with E-state index in [9.17, 15) is 14.0 Å². The fourth-order valence-electron chi connectivity index (χ4n) is 2.07. The van der Waals surface area contributed by atoms with E-state index in [-0.39, 0.29) is 24.9 Å². The lowest BCUT2D eigenvalue weighted by atomic mass is 10.2. The molecule has 0 radical (unpaired) electrons. The van der Waals surface area contributed by atoms with Gasteiger partial charge in [-0.3, -0.25) is 4.79 Å². The molecule has 23 heavy (non-hydrogen) atoms. The molecule has 1 aromatic carbocycles. The van der Waals surface area contributed by atoms with E-state index in [2.05, 4.69) is 9.97 Å². The zero-order valence-corrected chi connectivity index (χ0v) is 12.5. The summed E-state index contributed by atoms with van der Waals surface area (Å²) in [5.74, 6) is -1.99. The van der Waals surface area contributed by atoms with Crippen molar-refractivity contribution in [3.05, 3.63) is 62.8 Å². The van der Waals surface area contributed by atoms with E-state index in [1.54, 1.807) is 17.5 Å². The summed E-state index contributed by atoms with van der Waals surface area (Å²) in [5, 5.41) is 10.9. The molecule has 0 aliphatic rings. The molecule has 0 unspecified atom stereocenters. The smallest absolute Gasteiger partial charge is 0.372 e. The predicted octanol–water partition coefficient (Wildman–Crippen LogP) is 2.54. The third-order valence-electron chi connectivity index (χ3n) is 3.16. The highest BCUT2D eigenvalue weighted by molar-refractivity contribution is 7.16. The number of carboxylic acid groups (broad SMARTS) is 1. The Hall–Kier alpha value is -2.58. The van der Waals surface area contributed by atoms with Gasteiger partial charge in [0, 0.05) is 5.56 Å². The summed E-state index contributed by atoms with van der Waals surface area (Å²) in [7, 11) is 0. The van der Waals surface area contributed by atoms with Gasteiger partial charge in [0.05, 0.1) is 18.6 Å². The van der Waals surface area contributed by atoms with Crippen LogP contribution in [0.3, 0.4) is 0 Å². The van der Waals surface area contributed by atoms with E-state index in [1.807, 2.05) is 0 Å². The Kier molecular flexibility index (Phi) is 4.18. The number of ether oxygens (including phenoxy) is 1. The minimum Gasteiger partial charge on any atom is -0.475 e. The first kappa shape index (κ1) is 15.3. The number of hydrogen-bond donors (Lipinski definition) is 2. The average Bonchev–Trinajstić information content (AvgIpc) is 2.93. The van der Waals surface area contributed by atoms with Gasteiger partial charge in [-0.2, -0.15) is 0 Å². The standard InChI is InChI=1S/C15H11FN2O4S/c16-10-3-1-8(2-4-10)5-22-6-9-7-23-14-11(9)13(19)17-12(18-14)15(20)21/h1-4,7H,5-6H2,(H,20,21)(H,17,18,19). The Balaban J connectivity index is 1.77. The molecule has 0 aliphatic carbocycles. The summed E-state index contributed by atoms with van der Waals surface area (Å²) in [6.07, 6.45) is 0. The van der Waals surface area contributed by atoms with Gasteiger partial charge in [-0.1, -0.05) is 12.1 Å². The zero-order valence-electron chi connectivity index (χ0n) is 11.7. The Morgan fingerprint density at radius 1 is 1.30 bits per heavy atom. The molecule has 8 heteroatoms. The van der Waals surface area contributed by atoms with Crippen molar-refractivity contribution >= 4 is 27.5 Å². The molecule has 0 saturated heterocycles. The molecule has 0 amide bonds. The Labute approximate surface area is 133 Å². The number of fused-ring (bicyclic) bond motifs is 1. The van der Waals surface area contributed by atoms with Crippen molar-refractivity contribution in [2.75, 3.05) is 0 Å². The molecule has 2 heterocycles. The van der Waals surface area contributed by atoms with Gasteiger partial charge in [-0.25, -0.2) is 14.2 Å². The van der Waals surface area contributed by atoms with Crippen molar-refractivity contribution in [1.29, 1.82) is 0 Å². The van der Waals surface area contributed by atoms with Gasteiger partial charge < -0.3 is 14.8 Å². The van der Waals surface area contributed by atoms with Crippen LogP contribution in [0.2, 0.25) is 0 Å². The van der Waals surface area contributed by atoms with Crippen LogP contribution in [0.4, 0.5) is 4.39 Å². The first-order valence-corrected chi connectivity index (χ1v) is 7.48. The van der Waals surface area contributed by atoms with Crippen LogP contribution in [-0.4, -0.2) is 21.0 Å². The molecule has 3 rings (SSSR count). The molecule has 3 aromatic rings. The minimum absolute atomic E-state index is 0.175. The maximum atomic E-state index is 12.8. The normalized spacial score (nSPS) is 11.0. The number of H-pyrrole nitrogens is 1. The lowest BCUT2D eigenvalue weighted by Crippen LogP contribution is -2.15. The number of thiophene rings is 1. The highest BCUT2D eigenvalue weighted by atomic mass is 32.1. The molecule has 0 saturated carbocycles. The summed E-state index contributed by atoms with van der Waals surface area (Å²) >= 11 is 1.18. The Morgan fingerprint density at radius 2 is 2.04 bits per heavy atom. The van der Waals surface area contributed by atoms with Gasteiger partial charge in [0.15, 0.2) is 0 Å². The molecule has 0 fully saturated rings. The van der Waals surface area contributed by atoms with Crippen molar-refractivity contribution in [2.45, 2.75) is 13.2 Å². The third-order valence-corrected chi connectivity index (χ3v) is 4.08. The van der Waals surface area contributed by atoms with Crippen LogP contribution < -0.4 is 5.56 Å². The van der Waals surface area contributed by atoms with Gasteiger partial charge in [0.2, 0.25) is 5.82 Å². The summed E-state index contributed by atoms with van der Waals surface area (Å²) < 4.78 is 18.3. The Bertz CT molecular complexity index is 917. The number of benzene rings is 1. The number of nitrogens with one attached hydrogen (secondary N) is 1. The summed E-state index contributed by atoms with van der Waals surface area (Å²) in [6.45, 7) is 0.449. The first-order valence-electron chi connectivity index (χ1n) is 6.60. The van der Waals surface area contributed by atoms with Crippen LogP contribution in [0.15, 0.2) is 34.4 Å². The number of rotatable bonds is 5. The highest BCUT2D eigenvalue weighted by Crippen LogP contribution is 2.22. The van der Waals surface area contributed by atoms with Crippen LogP contribution in [0.25, 0.3) is 10.2 Å². The third kappa shape index (κ3) is 3.27. The maximum absolute atomic E-state index is 12.8. The lowest BCUT2D eigenvalue weighted by Gasteiger charge is -2.04. The molecular formula is C15H11FN2O4S. The number of aromatic nitrogens is 2. The largest absolute Gasteiger partial charge is 0.475 e. The molecule has 6 nitrogen and oxygen atoms in total. The predicted molar refractivity (Wildman–Crippen MR) is 82.1 cm³/mol. The molecule has 0 atom stereocenters. The van der Waals surface area contributed by atoms with E-state index in [0.29, 0.717) is 15.8 Å². The van der Waals surface area contributed by atoms with E-state index in [0.717, 1.165) is 5.56 Å². The van der Waals surface area contributed by atoms with Crippen LogP contribution in [-0.2, 0) is 18.0 Å². The SMILES string of the molecule is O=C(O)c1nc2scc(COCc3ccc(F)cc3)c2c(=O)[nH]1. The number of carboxylic acids is 1. The number of aromatic carboxylic acids is 1. The topological polar surface area (TPSA) is 92.3 Å². The van der Waals surface area contributed by atoms with E-state index < -0.39 is 11.5 Å². The minimum atomic E-state index is -1.29. The van der Waals surface area contributed by atoms with E-state index in [1.165, 1.54) is 23.5 Å². The Morgan fingerprint density at radius 3 is 2.74 bits per heavy atom. The number of aromatic amines is 1. The quantitative estimate of drug-likeness (QED) is 0.748. The molecule has 2 aromatic heterocycles. The van der Waals surface area contributed by atoms with Gasteiger partial charge in [0.25, 0.3) is 5.56 Å². The molecule has 0 bridgehead atoms. The van der Waals surface area contributed by atoms with Gasteiger partial charge in [-0.05, 0) is 23.1 Å². The van der Waals surface area contributed by atoms with Crippen molar-refractivity contribution in [3.63, 3.8) is 0 Å². The molecule has 118 valence electrons. The van der Waals surface area contributed by atoms with Crippen molar-refractivity contribution in [3.8, 4) is 0 Å². The first-order chi connectivity index (χ1) is 11.0. The fourth-order valence-corrected chi connectivity index (χ4v) is 3.00. The molecule has 0 aliphatic heterocycles. The monoisotopic (exact) mass is 334 g/mol. The summed E-state index contributed by atoms with van der Waals surface area (Å²) in [6, 6.07) is 5.94. The summed E-state index contributed by atoms with van der Waals surface area (Å²) in [4.78, 5) is 29.4. The van der Waals surface area contributed by atoms with E-state index >= 15 is 0 Å². The van der Waals surface area contributed by atoms with Gasteiger partial charge in [-0.15, -0.1) is 11.3 Å². The van der Waals surface area contributed by atoms with Crippen LogP contribution in [0, 0.1) is 5.82 Å². The number of halogens is 1. The highest BCUT2D eigenvalue weighted by Gasteiger charge is 2.14. The van der Waals surface area contributed by atoms with Crippen molar-refractivity contribution in [2.24, 2.45) is 0 Å².